The monoisotopic (exact) mass is 207 g/mol. The minimum Gasteiger partial charge on any atom is -0.472 e. The van der Waals surface area contributed by atoms with Gasteiger partial charge < -0.3 is 10.2 Å². The van der Waals surface area contributed by atoms with E-state index in [1.165, 1.54) is 0 Å². The molecule has 1 saturated carbocycles. The quantitative estimate of drug-likeness (QED) is 0.823. The topological polar surface area (TPSA) is 56.2 Å². The number of carbonyl (C=O) groups excluding carboxylic acids is 1. The van der Waals surface area contributed by atoms with Gasteiger partial charge in [-0.2, -0.15) is 0 Å². The smallest absolute Gasteiger partial charge is 0.141 e. The molecular weight excluding hydrogens is 190 g/mol. The molecule has 82 valence electrons. The van der Waals surface area contributed by atoms with Gasteiger partial charge in [-0.25, -0.2) is 0 Å². The fourth-order valence-electron chi connectivity index (χ4n) is 2.28. The first-order valence-electron chi connectivity index (χ1n) is 5.57. The maximum Gasteiger partial charge on any atom is 0.141 e. The number of hydrogen-bond donors (Lipinski definition) is 1. The Hall–Kier alpha value is -1.09. The molecule has 1 fully saturated rings. The molecule has 0 saturated heterocycles. The van der Waals surface area contributed by atoms with Gasteiger partial charge in [0.15, 0.2) is 0 Å². The van der Waals surface area contributed by atoms with E-state index in [1.54, 1.807) is 12.5 Å². The summed E-state index contributed by atoms with van der Waals surface area (Å²) in [5.41, 5.74) is 6.92. The highest BCUT2D eigenvalue weighted by Crippen LogP contribution is 2.24. The molecule has 3 heteroatoms. The van der Waals surface area contributed by atoms with Gasteiger partial charge in [-0.1, -0.05) is 12.8 Å². The average molecular weight is 207 g/mol. The largest absolute Gasteiger partial charge is 0.472 e. The van der Waals surface area contributed by atoms with Gasteiger partial charge >= 0.3 is 0 Å². The van der Waals surface area contributed by atoms with E-state index in [-0.39, 0.29) is 17.7 Å². The molecule has 0 amide bonds. The van der Waals surface area contributed by atoms with Crippen LogP contribution in [0.25, 0.3) is 0 Å². The Labute approximate surface area is 89.6 Å². The Balaban J connectivity index is 1.95. The summed E-state index contributed by atoms with van der Waals surface area (Å²) in [6.07, 6.45) is 7.94. The molecule has 1 heterocycles. The van der Waals surface area contributed by atoms with Crippen molar-refractivity contribution in [2.45, 2.75) is 38.1 Å². The number of carbonyl (C=O) groups is 1. The number of Topliss-reactive ketones (excluding diaryl/α,β-unsaturated/α-hetero) is 1. The molecule has 0 spiro atoms. The second-order valence-corrected chi connectivity index (χ2v) is 4.33. The van der Waals surface area contributed by atoms with Gasteiger partial charge in [-0.05, 0) is 24.5 Å². The lowest BCUT2D eigenvalue weighted by molar-refractivity contribution is -0.123. The van der Waals surface area contributed by atoms with Crippen LogP contribution in [0.15, 0.2) is 23.0 Å². The molecule has 0 radical (unpaired) electrons. The summed E-state index contributed by atoms with van der Waals surface area (Å²) in [6.45, 7) is 0. The predicted molar refractivity (Wildman–Crippen MR) is 57.4 cm³/mol. The fraction of sp³-hybridized carbons (Fsp3) is 0.583. The number of furan rings is 1. The second-order valence-electron chi connectivity index (χ2n) is 4.33. The second kappa shape index (κ2) is 4.62. The van der Waals surface area contributed by atoms with Gasteiger partial charge in [0.1, 0.15) is 5.78 Å². The van der Waals surface area contributed by atoms with Crippen LogP contribution in [0.4, 0.5) is 0 Å². The summed E-state index contributed by atoms with van der Waals surface area (Å²) in [5, 5.41) is 0. The Morgan fingerprint density at radius 3 is 2.93 bits per heavy atom. The minimum absolute atomic E-state index is 0.0636. The van der Waals surface area contributed by atoms with Crippen LogP contribution in [-0.4, -0.2) is 11.8 Å². The highest BCUT2D eigenvalue weighted by atomic mass is 16.3. The molecule has 1 aromatic heterocycles. The van der Waals surface area contributed by atoms with Crippen molar-refractivity contribution in [3.05, 3.63) is 24.2 Å². The Morgan fingerprint density at radius 1 is 1.47 bits per heavy atom. The minimum atomic E-state index is 0.0636. The van der Waals surface area contributed by atoms with Crippen molar-refractivity contribution in [3.63, 3.8) is 0 Å². The van der Waals surface area contributed by atoms with E-state index in [0.717, 1.165) is 31.2 Å². The molecule has 0 bridgehead atoms. The van der Waals surface area contributed by atoms with Gasteiger partial charge in [0, 0.05) is 18.4 Å². The predicted octanol–water partition coefficient (Wildman–Crippen LogP) is 1.91. The van der Waals surface area contributed by atoms with Crippen molar-refractivity contribution >= 4 is 5.78 Å². The van der Waals surface area contributed by atoms with Crippen molar-refractivity contribution < 1.29 is 9.21 Å². The van der Waals surface area contributed by atoms with Gasteiger partial charge in [0.05, 0.1) is 12.5 Å². The van der Waals surface area contributed by atoms with Crippen LogP contribution in [0, 0.1) is 5.92 Å². The number of nitrogens with two attached hydrogens (primary N) is 1. The van der Waals surface area contributed by atoms with Crippen molar-refractivity contribution in [1.82, 2.24) is 0 Å². The lowest BCUT2D eigenvalue weighted by atomic mass is 9.81. The van der Waals surface area contributed by atoms with E-state index in [1.807, 2.05) is 6.07 Å². The van der Waals surface area contributed by atoms with E-state index >= 15 is 0 Å². The molecule has 3 nitrogen and oxygen atoms in total. The molecule has 0 aliphatic heterocycles. The zero-order chi connectivity index (χ0) is 10.7. The molecule has 1 aliphatic carbocycles. The fourth-order valence-corrected chi connectivity index (χ4v) is 2.28. The van der Waals surface area contributed by atoms with E-state index in [0.29, 0.717) is 6.42 Å². The number of hydrogen-bond acceptors (Lipinski definition) is 3. The van der Waals surface area contributed by atoms with Crippen molar-refractivity contribution in [1.29, 1.82) is 0 Å². The Kier molecular flexibility index (Phi) is 3.21. The van der Waals surface area contributed by atoms with E-state index in [2.05, 4.69) is 0 Å². The molecule has 2 N–H and O–H groups in total. The summed E-state index contributed by atoms with van der Waals surface area (Å²) in [5.74, 6) is 0.331. The van der Waals surface area contributed by atoms with Gasteiger partial charge in [-0.15, -0.1) is 0 Å². The summed E-state index contributed by atoms with van der Waals surface area (Å²) >= 11 is 0. The number of rotatable bonds is 3. The van der Waals surface area contributed by atoms with Crippen LogP contribution in [0.5, 0.6) is 0 Å². The van der Waals surface area contributed by atoms with Crippen LogP contribution in [0.2, 0.25) is 0 Å². The molecule has 1 aromatic rings. The normalized spacial score (nSPS) is 26.5. The first-order chi connectivity index (χ1) is 7.27. The Morgan fingerprint density at radius 2 is 2.27 bits per heavy atom. The molecule has 0 aromatic carbocycles. The third kappa shape index (κ3) is 2.48. The maximum absolute atomic E-state index is 12.0. The van der Waals surface area contributed by atoms with E-state index in [9.17, 15) is 4.79 Å². The third-order valence-electron chi connectivity index (χ3n) is 3.19. The molecule has 1 aliphatic rings. The third-order valence-corrected chi connectivity index (χ3v) is 3.19. The SMILES string of the molecule is NC1CCCCC1C(=O)Cc1ccoc1. The van der Waals surface area contributed by atoms with Crippen LogP contribution in [0.3, 0.4) is 0 Å². The lowest BCUT2D eigenvalue weighted by Crippen LogP contribution is -2.38. The van der Waals surface area contributed by atoms with E-state index in [4.69, 9.17) is 10.2 Å². The first kappa shape index (κ1) is 10.4. The standard InChI is InChI=1S/C12H17NO2/c13-11-4-2-1-3-10(11)12(14)7-9-5-6-15-8-9/h5-6,8,10-11H,1-4,7,13H2. The zero-order valence-corrected chi connectivity index (χ0v) is 8.82. The van der Waals surface area contributed by atoms with Gasteiger partial charge in [0.25, 0.3) is 0 Å². The molecular formula is C12H17NO2. The lowest BCUT2D eigenvalue weighted by Gasteiger charge is -2.27. The van der Waals surface area contributed by atoms with Crippen molar-refractivity contribution in [2.24, 2.45) is 11.7 Å². The highest BCUT2D eigenvalue weighted by molar-refractivity contribution is 5.83. The van der Waals surface area contributed by atoms with Gasteiger partial charge in [-0.3, -0.25) is 4.79 Å². The van der Waals surface area contributed by atoms with Crippen LogP contribution in [0.1, 0.15) is 31.2 Å². The Bertz CT molecular complexity index is 318. The van der Waals surface area contributed by atoms with Crippen molar-refractivity contribution in [3.8, 4) is 0 Å². The maximum atomic E-state index is 12.0. The molecule has 2 rings (SSSR count). The summed E-state index contributed by atoms with van der Waals surface area (Å²) in [7, 11) is 0. The first-order valence-corrected chi connectivity index (χ1v) is 5.57. The summed E-state index contributed by atoms with van der Waals surface area (Å²) < 4.78 is 4.95. The molecule has 15 heavy (non-hydrogen) atoms. The van der Waals surface area contributed by atoms with Crippen LogP contribution >= 0.6 is 0 Å². The summed E-state index contributed by atoms with van der Waals surface area (Å²) in [4.78, 5) is 12.0. The molecule has 2 unspecified atom stereocenters. The average Bonchev–Trinajstić information content (AvgIpc) is 2.71. The van der Waals surface area contributed by atoms with Crippen LogP contribution < -0.4 is 5.73 Å². The number of ketones is 1. The van der Waals surface area contributed by atoms with Crippen LogP contribution in [-0.2, 0) is 11.2 Å². The highest BCUT2D eigenvalue weighted by Gasteiger charge is 2.27. The van der Waals surface area contributed by atoms with Crippen molar-refractivity contribution in [2.75, 3.05) is 0 Å². The van der Waals surface area contributed by atoms with E-state index < -0.39 is 0 Å². The summed E-state index contributed by atoms with van der Waals surface area (Å²) in [6, 6.07) is 1.91. The zero-order valence-electron chi connectivity index (χ0n) is 8.82. The molecule has 2 atom stereocenters. The van der Waals surface area contributed by atoms with Gasteiger partial charge in [0.2, 0.25) is 0 Å².